The molecule has 3 aromatic rings. The molecule has 0 aliphatic rings. The van der Waals surface area contributed by atoms with E-state index in [1.165, 1.54) is 5.56 Å². The molecule has 0 aliphatic heterocycles. The van der Waals surface area contributed by atoms with E-state index in [2.05, 4.69) is 42.6 Å². The number of nitrogens with two attached hydrogens (primary N) is 1. The van der Waals surface area contributed by atoms with Crippen molar-refractivity contribution in [1.82, 2.24) is 14.5 Å². The molecule has 0 fully saturated rings. The number of aromatic nitrogens is 3. The van der Waals surface area contributed by atoms with Crippen molar-refractivity contribution in [3.63, 3.8) is 0 Å². The number of pyridine rings is 1. The van der Waals surface area contributed by atoms with Crippen LogP contribution in [0.1, 0.15) is 5.56 Å². The Morgan fingerprint density at radius 1 is 1.15 bits per heavy atom. The van der Waals surface area contributed by atoms with E-state index in [9.17, 15) is 0 Å². The lowest BCUT2D eigenvalue weighted by Gasteiger charge is -2.10. The summed E-state index contributed by atoms with van der Waals surface area (Å²) in [5.41, 5.74) is 9.78. The SMILES string of the molecule is Nc1ccncc1-c1cncn1Cc1cccc(Br)c1. The molecular weight excluding hydrogens is 316 g/mol. The van der Waals surface area contributed by atoms with Gasteiger partial charge in [0, 0.05) is 34.7 Å². The van der Waals surface area contributed by atoms with Crippen LogP contribution in [-0.2, 0) is 6.54 Å². The second-order valence-electron chi connectivity index (χ2n) is 4.50. The summed E-state index contributed by atoms with van der Waals surface area (Å²) in [4.78, 5) is 8.36. The molecular formula is C15H13BrN4. The standard InChI is InChI=1S/C15H13BrN4/c16-12-3-1-2-11(6-12)9-20-10-19-8-15(20)13-7-18-5-4-14(13)17/h1-8,10H,9H2,(H2,17,18). The van der Waals surface area contributed by atoms with Gasteiger partial charge in [-0.1, -0.05) is 28.1 Å². The number of hydrogen-bond acceptors (Lipinski definition) is 3. The highest BCUT2D eigenvalue weighted by atomic mass is 79.9. The summed E-state index contributed by atoms with van der Waals surface area (Å²) in [6.45, 7) is 0.739. The predicted molar refractivity (Wildman–Crippen MR) is 83.1 cm³/mol. The van der Waals surface area contributed by atoms with Crippen molar-refractivity contribution < 1.29 is 0 Å². The molecule has 100 valence electrons. The second-order valence-corrected chi connectivity index (χ2v) is 5.42. The van der Waals surface area contributed by atoms with Gasteiger partial charge in [-0.25, -0.2) is 4.98 Å². The van der Waals surface area contributed by atoms with E-state index in [-0.39, 0.29) is 0 Å². The van der Waals surface area contributed by atoms with E-state index in [1.807, 2.05) is 24.7 Å². The molecule has 3 rings (SSSR count). The van der Waals surface area contributed by atoms with Crippen LogP contribution in [0.15, 0.2) is 59.7 Å². The normalized spacial score (nSPS) is 10.7. The molecule has 0 spiro atoms. The van der Waals surface area contributed by atoms with E-state index in [0.29, 0.717) is 5.69 Å². The maximum atomic E-state index is 6.01. The van der Waals surface area contributed by atoms with Crippen LogP contribution in [0.25, 0.3) is 11.3 Å². The molecule has 2 aromatic heterocycles. The Morgan fingerprint density at radius 3 is 2.85 bits per heavy atom. The zero-order chi connectivity index (χ0) is 13.9. The minimum Gasteiger partial charge on any atom is -0.398 e. The summed E-state index contributed by atoms with van der Waals surface area (Å²) in [6, 6.07) is 10.0. The first-order valence-corrected chi connectivity index (χ1v) is 6.98. The van der Waals surface area contributed by atoms with Gasteiger partial charge in [-0.2, -0.15) is 0 Å². The van der Waals surface area contributed by atoms with E-state index >= 15 is 0 Å². The zero-order valence-electron chi connectivity index (χ0n) is 10.7. The van der Waals surface area contributed by atoms with Gasteiger partial charge < -0.3 is 10.3 Å². The molecule has 0 saturated heterocycles. The molecule has 4 nitrogen and oxygen atoms in total. The van der Waals surface area contributed by atoms with Crippen LogP contribution in [-0.4, -0.2) is 14.5 Å². The molecule has 0 bridgehead atoms. The minimum absolute atomic E-state index is 0.705. The van der Waals surface area contributed by atoms with Crippen molar-refractivity contribution in [1.29, 1.82) is 0 Å². The van der Waals surface area contributed by atoms with Crippen molar-refractivity contribution in [3.05, 3.63) is 65.3 Å². The number of anilines is 1. The Hall–Kier alpha value is -2.14. The Bertz CT molecular complexity index is 736. The van der Waals surface area contributed by atoms with Gasteiger partial charge >= 0.3 is 0 Å². The molecule has 0 atom stereocenters. The summed E-state index contributed by atoms with van der Waals surface area (Å²) >= 11 is 3.49. The quantitative estimate of drug-likeness (QED) is 0.802. The summed E-state index contributed by atoms with van der Waals surface area (Å²) < 4.78 is 3.13. The van der Waals surface area contributed by atoms with E-state index < -0.39 is 0 Å². The lowest BCUT2D eigenvalue weighted by atomic mass is 10.1. The third-order valence-corrected chi connectivity index (χ3v) is 3.58. The van der Waals surface area contributed by atoms with Crippen LogP contribution in [0.5, 0.6) is 0 Å². The second kappa shape index (κ2) is 5.46. The van der Waals surface area contributed by atoms with E-state index in [0.717, 1.165) is 22.3 Å². The molecule has 1 aromatic carbocycles. The highest BCUT2D eigenvalue weighted by Gasteiger charge is 2.09. The van der Waals surface area contributed by atoms with Gasteiger partial charge in [0.25, 0.3) is 0 Å². The monoisotopic (exact) mass is 328 g/mol. The fourth-order valence-corrected chi connectivity index (χ4v) is 2.57. The Morgan fingerprint density at radius 2 is 2.05 bits per heavy atom. The van der Waals surface area contributed by atoms with E-state index in [1.54, 1.807) is 18.5 Å². The van der Waals surface area contributed by atoms with Gasteiger partial charge in [0.05, 0.1) is 18.2 Å². The van der Waals surface area contributed by atoms with Crippen molar-refractivity contribution in [3.8, 4) is 11.3 Å². The van der Waals surface area contributed by atoms with Crippen LogP contribution in [0.2, 0.25) is 0 Å². The average molecular weight is 329 g/mol. The Balaban J connectivity index is 1.97. The maximum Gasteiger partial charge on any atom is 0.0954 e. The topological polar surface area (TPSA) is 56.7 Å². The lowest BCUT2D eigenvalue weighted by molar-refractivity contribution is 0.804. The fraction of sp³-hybridized carbons (Fsp3) is 0.0667. The molecule has 5 heteroatoms. The molecule has 0 radical (unpaired) electrons. The van der Waals surface area contributed by atoms with Crippen LogP contribution >= 0.6 is 15.9 Å². The summed E-state index contributed by atoms with van der Waals surface area (Å²) in [7, 11) is 0. The third-order valence-electron chi connectivity index (χ3n) is 3.09. The predicted octanol–water partition coefficient (Wildman–Crippen LogP) is 3.34. The summed E-state index contributed by atoms with van der Waals surface area (Å²) in [5.74, 6) is 0. The molecule has 0 amide bonds. The van der Waals surface area contributed by atoms with Crippen molar-refractivity contribution in [2.45, 2.75) is 6.54 Å². The van der Waals surface area contributed by atoms with Crippen LogP contribution < -0.4 is 5.73 Å². The zero-order valence-corrected chi connectivity index (χ0v) is 12.3. The number of imidazole rings is 1. The fourth-order valence-electron chi connectivity index (χ4n) is 2.12. The molecule has 0 saturated carbocycles. The number of nitrogens with zero attached hydrogens (tertiary/aromatic N) is 3. The first-order chi connectivity index (χ1) is 9.74. The van der Waals surface area contributed by atoms with Gasteiger partial charge in [-0.05, 0) is 23.8 Å². The number of benzene rings is 1. The largest absolute Gasteiger partial charge is 0.398 e. The highest BCUT2D eigenvalue weighted by molar-refractivity contribution is 9.10. The number of hydrogen-bond donors (Lipinski definition) is 1. The summed E-state index contributed by atoms with van der Waals surface area (Å²) in [5, 5.41) is 0. The van der Waals surface area contributed by atoms with Crippen LogP contribution in [0.4, 0.5) is 5.69 Å². The van der Waals surface area contributed by atoms with Gasteiger partial charge in [0.1, 0.15) is 0 Å². The molecule has 0 unspecified atom stereocenters. The highest BCUT2D eigenvalue weighted by Crippen LogP contribution is 2.25. The maximum absolute atomic E-state index is 6.01. The Kier molecular flexibility index (Phi) is 3.52. The lowest BCUT2D eigenvalue weighted by Crippen LogP contribution is -2.02. The van der Waals surface area contributed by atoms with Gasteiger partial charge in [0.2, 0.25) is 0 Å². The molecule has 2 heterocycles. The van der Waals surface area contributed by atoms with Crippen LogP contribution in [0.3, 0.4) is 0 Å². The number of nitrogen functional groups attached to an aromatic ring is 1. The first kappa shape index (κ1) is 12.9. The minimum atomic E-state index is 0.705. The Labute approximate surface area is 125 Å². The molecule has 2 N–H and O–H groups in total. The number of rotatable bonds is 3. The smallest absolute Gasteiger partial charge is 0.0954 e. The van der Waals surface area contributed by atoms with Gasteiger partial charge in [0.15, 0.2) is 0 Å². The van der Waals surface area contributed by atoms with Crippen molar-refractivity contribution in [2.75, 3.05) is 5.73 Å². The van der Waals surface area contributed by atoms with Gasteiger partial charge in [-0.3, -0.25) is 4.98 Å². The average Bonchev–Trinajstić information content (AvgIpc) is 2.87. The number of halogens is 1. The summed E-state index contributed by atoms with van der Waals surface area (Å²) in [6.07, 6.45) is 7.08. The first-order valence-electron chi connectivity index (χ1n) is 6.18. The van der Waals surface area contributed by atoms with Crippen molar-refractivity contribution in [2.24, 2.45) is 0 Å². The molecule has 20 heavy (non-hydrogen) atoms. The van der Waals surface area contributed by atoms with Crippen molar-refractivity contribution >= 4 is 21.6 Å². The molecule has 0 aliphatic carbocycles. The van der Waals surface area contributed by atoms with E-state index in [4.69, 9.17) is 5.73 Å². The van der Waals surface area contributed by atoms with Gasteiger partial charge in [-0.15, -0.1) is 0 Å². The third kappa shape index (κ3) is 2.58. The van der Waals surface area contributed by atoms with Crippen LogP contribution in [0, 0.1) is 0 Å².